The molecule has 0 aliphatic rings. The minimum atomic E-state index is -0.796. The molecule has 6 nitrogen and oxygen atoms in total. The molecule has 0 heterocycles. The molecule has 0 N–H and O–H groups in total. The van der Waals surface area contributed by atoms with Crippen molar-refractivity contribution in [3.8, 4) is 0 Å². The van der Waals surface area contributed by atoms with Crippen LogP contribution in [0.15, 0.2) is 109 Å². The molecule has 0 aromatic rings. The largest absolute Gasteiger partial charge is 0.462 e. The van der Waals surface area contributed by atoms with E-state index in [-0.39, 0.29) is 37.5 Å². The molecular weight excluding hydrogens is 1010 g/mol. The molecule has 0 aromatic carbocycles. The summed E-state index contributed by atoms with van der Waals surface area (Å²) in [5, 5.41) is 0. The summed E-state index contributed by atoms with van der Waals surface area (Å²) in [6.45, 7) is 6.51. The van der Waals surface area contributed by atoms with Crippen molar-refractivity contribution in [1.29, 1.82) is 0 Å². The molecule has 6 heteroatoms. The highest BCUT2D eigenvalue weighted by molar-refractivity contribution is 5.71. The van der Waals surface area contributed by atoms with Crippen LogP contribution in [0, 0.1) is 0 Å². The minimum Gasteiger partial charge on any atom is -0.462 e. The van der Waals surface area contributed by atoms with E-state index < -0.39 is 6.10 Å². The van der Waals surface area contributed by atoms with Crippen LogP contribution in [0.5, 0.6) is 0 Å². The fourth-order valence-electron chi connectivity index (χ4n) is 9.81. The molecule has 0 spiro atoms. The quantitative estimate of drug-likeness (QED) is 0.0261. The summed E-state index contributed by atoms with van der Waals surface area (Å²) in [6.07, 6.45) is 95.5. The Bertz CT molecular complexity index is 1640. The molecule has 1 unspecified atom stereocenters. The lowest BCUT2D eigenvalue weighted by Crippen LogP contribution is -2.30. The maximum Gasteiger partial charge on any atom is 0.306 e. The standard InChI is InChI=1S/C76H130O6/c1-4-7-10-13-16-19-22-24-26-28-30-32-34-36-37-38-39-41-42-44-46-48-50-52-54-57-60-63-66-69-75(78)81-72-73(71-80-74(77)68-65-62-59-56-21-18-15-12-9-6-3)82-76(79)70-67-64-61-58-55-53-51-49-47-45-43-40-35-33-31-29-27-25-23-20-17-14-11-8-5-2/h8,11,17,20,22,24-25,27-28,30-31,33,40,43,47,49,53,55,73H,4-7,9-10,12-16,18-19,21,23,26,29,32,34-39,41-42,44-46,48,50-52,54,56-72H2,1-3H3/b11-8-,20-17-,24-22-,27-25-,30-28-,33-31-,43-40-,49-47-,55-53-. The van der Waals surface area contributed by atoms with Crippen LogP contribution < -0.4 is 0 Å². The van der Waals surface area contributed by atoms with Gasteiger partial charge in [-0.3, -0.25) is 14.4 Å². The summed E-state index contributed by atoms with van der Waals surface area (Å²) < 4.78 is 16.9. The van der Waals surface area contributed by atoms with Crippen molar-refractivity contribution in [2.24, 2.45) is 0 Å². The van der Waals surface area contributed by atoms with Crippen LogP contribution in [0.25, 0.3) is 0 Å². The topological polar surface area (TPSA) is 78.9 Å². The highest BCUT2D eigenvalue weighted by Gasteiger charge is 2.19. The van der Waals surface area contributed by atoms with Gasteiger partial charge >= 0.3 is 17.9 Å². The monoisotopic (exact) mass is 1140 g/mol. The number of esters is 3. The molecule has 0 aromatic heterocycles. The zero-order valence-corrected chi connectivity index (χ0v) is 54.0. The maximum atomic E-state index is 12.9. The summed E-state index contributed by atoms with van der Waals surface area (Å²) in [6, 6.07) is 0. The van der Waals surface area contributed by atoms with E-state index >= 15 is 0 Å². The average molecular weight is 1140 g/mol. The third-order valence-corrected chi connectivity index (χ3v) is 15.0. The van der Waals surface area contributed by atoms with Crippen molar-refractivity contribution >= 4 is 17.9 Å². The molecule has 82 heavy (non-hydrogen) atoms. The van der Waals surface area contributed by atoms with E-state index in [2.05, 4.69) is 130 Å². The van der Waals surface area contributed by atoms with Gasteiger partial charge in [-0.1, -0.05) is 316 Å². The fourth-order valence-corrected chi connectivity index (χ4v) is 9.81. The molecule has 1 atom stereocenters. The SMILES string of the molecule is CC/C=C\C/C=C\C/C=C\C/C=C\C/C=C\C/C=C\C/C=C\CCCCCC(=O)OC(COC(=O)CCCCCCCCCCCC)COC(=O)CCCCCCCCCCCCCCCCCCC/C=C\C/C=C\CCCCCCC. The lowest BCUT2D eigenvalue weighted by Gasteiger charge is -2.18. The van der Waals surface area contributed by atoms with Gasteiger partial charge in [0.25, 0.3) is 0 Å². The second-order valence-corrected chi connectivity index (χ2v) is 23.1. The van der Waals surface area contributed by atoms with Gasteiger partial charge in [-0.25, -0.2) is 0 Å². The maximum absolute atomic E-state index is 12.9. The zero-order valence-electron chi connectivity index (χ0n) is 54.0. The minimum absolute atomic E-state index is 0.0893. The third-order valence-electron chi connectivity index (χ3n) is 15.0. The highest BCUT2D eigenvalue weighted by atomic mass is 16.6. The highest BCUT2D eigenvalue weighted by Crippen LogP contribution is 2.17. The van der Waals surface area contributed by atoms with E-state index in [4.69, 9.17) is 14.2 Å². The molecule has 0 aliphatic heterocycles. The summed E-state index contributed by atoms with van der Waals surface area (Å²) in [5.74, 6) is -0.912. The van der Waals surface area contributed by atoms with Crippen LogP contribution in [0.2, 0.25) is 0 Å². The van der Waals surface area contributed by atoms with Crippen LogP contribution in [0.4, 0.5) is 0 Å². The van der Waals surface area contributed by atoms with Crippen molar-refractivity contribution in [2.45, 2.75) is 341 Å². The van der Waals surface area contributed by atoms with Crippen LogP contribution in [0.1, 0.15) is 335 Å². The van der Waals surface area contributed by atoms with Gasteiger partial charge < -0.3 is 14.2 Å². The molecule has 470 valence electrons. The van der Waals surface area contributed by atoms with E-state index in [0.29, 0.717) is 12.8 Å². The van der Waals surface area contributed by atoms with Gasteiger partial charge in [0.05, 0.1) is 0 Å². The van der Waals surface area contributed by atoms with Crippen LogP contribution >= 0.6 is 0 Å². The molecule has 0 fully saturated rings. The van der Waals surface area contributed by atoms with Gasteiger partial charge in [-0.2, -0.15) is 0 Å². The molecule has 0 aliphatic carbocycles. The van der Waals surface area contributed by atoms with Gasteiger partial charge in [0, 0.05) is 19.3 Å². The van der Waals surface area contributed by atoms with Gasteiger partial charge in [-0.15, -0.1) is 0 Å². The molecule has 0 saturated heterocycles. The first-order valence-corrected chi connectivity index (χ1v) is 34.9. The second-order valence-electron chi connectivity index (χ2n) is 23.1. The Balaban J connectivity index is 4.25. The first kappa shape index (κ1) is 78.1. The van der Waals surface area contributed by atoms with E-state index in [0.717, 1.165) is 116 Å². The normalized spacial score (nSPS) is 12.8. The molecule has 0 saturated carbocycles. The van der Waals surface area contributed by atoms with Gasteiger partial charge in [0.1, 0.15) is 13.2 Å². The zero-order chi connectivity index (χ0) is 59.2. The van der Waals surface area contributed by atoms with Crippen molar-refractivity contribution in [1.82, 2.24) is 0 Å². The number of hydrogen-bond acceptors (Lipinski definition) is 6. The number of allylic oxidation sites excluding steroid dienone is 18. The molecular formula is C76H130O6. The summed E-state index contributed by atoms with van der Waals surface area (Å²) >= 11 is 0. The summed E-state index contributed by atoms with van der Waals surface area (Å²) in [4.78, 5) is 38.3. The summed E-state index contributed by atoms with van der Waals surface area (Å²) in [7, 11) is 0. The van der Waals surface area contributed by atoms with Gasteiger partial charge in [0.2, 0.25) is 0 Å². The van der Waals surface area contributed by atoms with Crippen molar-refractivity contribution in [2.75, 3.05) is 13.2 Å². The molecule has 0 rings (SSSR count). The van der Waals surface area contributed by atoms with E-state index in [1.54, 1.807) is 0 Å². The number of ether oxygens (including phenoxy) is 3. The van der Waals surface area contributed by atoms with E-state index in [1.165, 1.54) is 180 Å². The number of carbonyl (C=O) groups is 3. The van der Waals surface area contributed by atoms with Gasteiger partial charge in [-0.05, 0) is 109 Å². The first-order valence-electron chi connectivity index (χ1n) is 34.9. The van der Waals surface area contributed by atoms with Crippen molar-refractivity contribution in [3.63, 3.8) is 0 Å². The van der Waals surface area contributed by atoms with Crippen molar-refractivity contribution in [3.05, 3.63) is 109 Å². The Morgan fingerprint density at radius 2 is 0.476 bits per heavy atom. The third kappa shape index (κ3) is 66.9. The fraction of sp³-hybridized carbons (Fsp3) is 0.724. The number of carbonyl (C=O) groups excluding carboxylic acids is 3. The average Bonchev–Trinajstić information content (AvgIpc) is 3.47. The van der Waals surface area contributed by atoms with Crippen LogP contribution in [-0.4, -0.2) is 37.2 Å². The summed E-state index contributed by atoms with van der Waals surface area (Å²) in [5.41, 5.74) is 0. The molecule has 0 bridgehead atoms. The molecule has 0 amide bonds. The van der Waals surface area contributed by atoms with Crippen molar-refractivity contribution < 1.29 is 28.6 Å². The predicted molar refractivity (Wildman–Crippen MR) is 357 cm³/mol. The van der Waals surface area contributed by atoms with Crippen LogP contribution in [-0.2, 0) is 28.6 Å². The molecule has 0 radical (unpaired) electrons. The number of hydrogen-bond donors (Lipinski definition) is 0. The van der Waals surface area contributed by atoms with E-state index in [1.807, 2.05) is 0 Å². The second kappa shape index (κ2) is 69.6. The van der Waals surface area contributed by atoms with E-state index in [9.17, 15) is 14.4 Å². The number of unbranched alkanes of at least 4 members (excludes halogenated alkanes) is 34. The first-order chi connectivity index (χ1) is 40.5. The Morgan fingerprint density at radius 1 is 0.256 bits per heavy atom. The predicted octanol–water partition coefficient (Wildman–Crippen LogP) is 24.2. The number of rotatable bonds is 63. The Kier molecular flexibility index (Phi) is 66.2. The lowest BCUT2D eigenvalue weighted by molar-refractivity contribution is -0.167. The van der Waals surface area contributed by atoms with Gasteiger partial charge in [0.15, 0.2) is 6.10 Å². The Morgan fingerprint density at radius 3 is 0.756 bits per heavy atom. The Labute approximate surface area is 508 Å². The van der Waals surface area contributed by atoms with Crippen LogP contribution in [0.3, 0.4) is 0 Å². The lowest BCUT2D eigenvalue weighted by atomic mass is 10.0. The smallest absolute Gasteiger partial charge is 0.306 e. The Hall–Kier alpha value is -3.93.